The molecule has 182 valence electrons. The zero-order chi connectivity index (χ0) is 24.7. The van der Waals surface area contributed by atoms with Gasteiger partial charge in [0.1, 0.15) is 6.17 Å². The van der Waals surface area contributed by atoms with Gasteiger partial charge in [-0.15, -0.1) is 0 Å². The van der Waals surface area contributed by atoms with E-state index in [0.717, 1.165) is 6.08 Å². The van der Waals surface area contributed by atoms with Gasteiger partial charge in [-0.25, -0.2) is 18.4 Å². The summed E-state index contributed by atoms with van der Waals surface area (Å²) in [4.78, 5) is 35.2. The fourth-order valence-electron chi connectivity index (χ4n) is 7.44. The van der Waals surface area contributed by atoms with Crippen LogP contribution in [-0.2, 0) is 19.1 Å². The summed E-state index contributed by atoms with van der Waals surface area (Å²) >= 11 is 11.3. The van der Waals surface area contributed by atoms with Gasteiger partial charge >= 0.3 is 11.9 Å². The Bertz CT molecular complexity index is 984. The Hall–Kier alpha value is -1.51. The molecule has 2 N–H and O–H groups in total. The third-order valence-corrected chi connectivity index (χ3v) is 9.28. The first kappa shape index (κ1) is 24.6. The second kappa shape index (κ2) is 7.49. The molecule has 3 fully saturated rings. The number of carbonyl (C=O) groups excluding carboxylic acids is 2. The Balaban J connectivity index is 1.87. The second-order valence-corrected chi connectivity index (χ2v) is 11.4. The lowest BCUT2D eigenvalue weighted by atomic mass is 9.44. The number of hydrogen-bond acceptors (Lipinski definition) is 5. The molecule has 0 saturated heterocycles. The summed E-state index contributed by atoms with van der Waals surface area (Å²) in [7, 11) is 0. The Morgan fingerprint density at radius 1 is 1.24 bits per heavy atom. The molecule has 0 unspecified atom stereocenters. The molecule has 0 aromatic rings. The number of carbonyl (C=O) groups is 3. The normalized spacial score (nSPS) is 48.6. The van der Waals surface area contributed by atoms with E-state index in [2.05, 4.69) is 0 Å². The summed E-state index contributed by atoms with van der Waals surface area (Å²) < 4.78 is 37.9. The molecule has 0 radical (unpaired) electrons. The highest BCUT2D eigenvalue weighted by Crippen LogP contribution is 2.71. The predicted molar refractivity (Wildman–Crippen MR) is 115 cm³/mol. The van der Waals surface area contributed by atoms with Crippen molar-refractivity contribution in [1.29, 1.82) is 0 Å². The van der Waals surface area contributed by atoms with Crippen LogP contribution in [0.3, 0.4) is 0 Å². The minimum absolute atomic E-state index is 0.0227. The van der Waals surface area contributed by atoms with E-state index in [1.807, 2.05) is 0 Å². The molecular formula is C23H26Cl2F2O6. The van der Waals surface area contributed by atoms with Crippen molar-refractivity contribution in [2.45, 2.75) is 68.4 Å². The van der Waals surface area contributed by atoms with Crippen molar-refractivity contribution in [2.75, 3.05) is 0 Å². The number of allylic oxidation sites excluding steroid dienone is 4. The van der Waals surface area contributed by atoms with Gasteiger partial charge in [-0.2, -0.15) is 0 Å². The molecule has 0 heterocycles. The molecule has 6 nitrogen and oxygen atoms in total. The van der Waals surface area contributed by atoms with E-state index in [4.69, 9.17) is 27.9 Å². The summed E-state index contributed by atoms with van der Waals surface area (Å²) in [5.41, 5.74) is -7.54. The molecule has 10 heteroatoms. The Morgan fingerprint density at radius 3 is 2.45 bits per heavy atom. The topological polar surface area (TPSA) is 101 Å². The van der Waals surface area contributed by atoms with Gasteiger partial charge in [0, 0.05) is 22.7 Å². The molecule has 33 heavy (non-hydrogen) atoms. The molecule has 4 aliphatic carbocycles. The van der Waals surface area contributed by atoms with E-state index < -0.39 is 74.7 Å². The van der Waals surface area contributed by atoms with E-state index >= 15 is 8.78 Å². The Morgan fingerprint density at radius 2 is 1.88 bits per heavy atom. The number of aliphatic carboxylic acids is 1. The van der Waals surface area contributed by atoms with Crippen LogP contribution in [0.5, 0.6) is 0 Å². The van der Waals surface area contributed by atoms with Crippen molar-refractivity contribution < 1.29 is 38.1 Å². The van der Waals surface area contributed by atoms with E-state index in [-0.39, 0.29) is 24.8 Å². The molecule has 3 saturated carbocycles. The molecule has 9 atom stereocenters. The fraction of sp³-hybridized carbons (Fsp3) is 0.696. The summed E-state index contributed by atoms with van der Waals surface area (Å²) in [6, 6.07) is 0. The van der Waals surface area contributed by atoms with Gasteiger partial charge in [0.2, 0.25) is 10.4 Å². The second-order valence-electron chi connectivity index (χ2n) is 10.3. The number of carboxylic acids is 1. The van der Waals surface area contributed by atoms with Crippen LogP contribution in [0.2, 0.25) is 0 Å². The zero-order valence-electron chi connectivity index (χ0n) is 18.4. The van der Waals surface area contributed by atoms with Crippen molar-refractivity contribution >= 4 is 40.9 Å². The molecule has 4 aliphatic rings. The first-order valence-electron chi connectivity index (χ1n) is 10.9. The highest BCUT2D eigenvalue weighted by molar-refractivity contribution is 6.53. The first-order valence-corrected chi connectivity index (χ1v) is 11.7. The summed E-state index contributed by atoms with van der Waals surface area (Å²) in [5.74, 6) is -5.68. The van der Waals surface area contributed by atoms with Crippen molar-refractivity contribution in [3.05, 3.63) is 23.8 Å². The molecule has 0 aliphatic heterocycles. The van der Waals surface area contributed by atoms with Crippen LogP contribution in [0.25, 0.3) is 0 Å². The standard InChI is InChI=1S/C23H26Cl2F2O6/c1-10-6-12-13-8-15(26)14-7-11(28)4-5-20(14,2)22(13,27)16(29)9-21(12,3)23(10,19(31)32)33-18(30)17(24)25/h4-5,7,10,12-13,15-17,29H,6,8-9H2,1-3H3,(H,31,32)/t10-,12-,13-,15-,16-,20-,21-,22-,23-/m0/s1. The van der Waals surface area contributed by atoms with E-state index in [1.54, 1.807) is 6.92 Å². The number of aliphatic hydroxyl groups is 1. The number of rotatable bonds is 3. The average molecular weight is 507 g/mol. The first-order chi connectivity index (χ1) is 15.2. The van der Waals surface area contributed by atoms with Gasteiger partial charge in [0.05, 0.1) is 6.10 Å². The number of alkyl halides is 4. The minimum Gasteiger partial charge on any atom is -0.478 e. The van der Waals surface area contributed by atoms with Gasteiger partial charge in [0.15, 0.2) is 11.5 Å². The third kappa shape index (κ3) is 2.89. The minimum atomic E-state index is -2.36. The fourth-order valence-corrected chi connectivity index (χ4v) is 7.53. The average Bonchev–Trinajstić information content (AvgIpc) is 2.93. The van der Waals surface area contributed by atoms with Crippen LogP contribution in [0, 0.1) is 28.6 Å². The molecular weight excluding hydrogens is 481 g/mol. The lowest BCUT2D eigenvalue weighted by Gasteiger charge is -2.62. The lowest BCUT2D eigenvalue weighted by Crippen LogP contribution is -2.71. The van der Waals surface area contributed by atoms with Gasteiger partial charge in [0.25, 0.3) is 0 Å². The Kier molecular flexibility index (Phi) is 5.59. The molecule has 0 bridgehead atoms. The SMILES string of the molecule is C[C@H]1C[C@H]2[C@@H]3C[C@H](F)C4=CC(=O)C=C[C@]4(C)[C@@]3(F)[C@@H](O)C[C@]2(C)[C@@]1(OC(=O)C(Cl)Cl)C(=O)O. The summed E-state index contributed by atoms with van der Waals surface area (Å²) in [6.45, 7) is 4.56. The number of ketones is 1. The third-order valence-electron chi connectivity index (χ3n) is 8.93. The van der Waals surface area contributed by atoms with Crippen LogP contribution in [0.15, 0.2) is 23.8 Å². The van der Waals surface area contributed by atoms with Crippen LogP contribution in [-0.4, -0.2) is 56.3 Å². The van der Waals surface area contributed by atoms with Gasteiger partial charge in [-0.3, -0.25) is 4.79 Å². The number of aliphatic hydroxyl groups excluding tert-OH is 1. The zero-order valence-corrected chi connectivity index (χ0v) is 19.9. The lowest BCUT2D eigenvalue weighted by molar-refractivity contribution is -0.236. The molecule has 0 aromatic heterocycles. The predicted octanol–water partition coefficient (Wildman–Crippen LogP) is 3.72. The van der Waals surface area contributed by atoms with Crippen molar-refractivity contribution in [1.82, 2.24) is 0 Å². The largest absolute Gasteiger partial charge is 0.478 e. The number of esters is 1. The van der Waals surface area contributed by atoms with Gasteiger partial charge in [-0.1, -0.05) is 43.1 Å². The number of hydrogen-bond donors (Lipinski definition) is 2. The van der Waals surface area contributed by atoms with E-state index in [9.17, 15) is 24.6 Å². The number of fused-ring (bicyclic) bond motifs is 5. The molecule has 0 aromatic carbocycles. The van der Waals surface area contributed by atoms with E-state index in [0.29, 0.717) is 0 Å². The number of carboxylic acid groups (broad SMARTS) is 1. The van der Waals surface area contributed by atoms with E-state index in [1.165, 1.54) is 26.0 Å². The maximum Gasteiger partial charge on any atom is 0.349 e. The summed E-state index contributed by atoms with van der Waals surface area (Å²) in [5, 5.41) is 21.5. The number of ether oxygens (including phenoxy) is 1. The molecule has 4 rings (SSSR count). The smallest absolute Gasteiger partial charge is 0.349 e. The van der Waals surface area contributed by atoms with Crippen molar-refractivity contribution in [2.24, 2.45) is 28.6 Å². The highest BCUT2D eigenvalue weighted by Gasteiger charge is 2.78. The van der Waals surface area contributed by atoms with Crippen LogP contribution < -0.4 is 0 Å². The Labute approximate surface area is 199 Å². The van der Waals surface area contributed by atoms with Crippen molar-refractivity contribution in [3.8, 4) is 0 Å². The number of halogens is 4. The quantitative estimate of drug-likeness (QED) is 0.446. The maximum absolute atomic E-state index is 17.1. The highest BCUT2D eigenvalue weighted by atomic mass is 35.5. The van der Waals surface area contributed by atoms with Gasteiger partial charge < -0.3 is 14.9 Å². The van der Waals surface area contributed by atoms with Crippen LogP contribution in [0.4, 0.5) is 8.78 Å². The summed E-state index contributed by atoms with van der Waals surface area (Å²) in [6.07, 6.45) is -0.367. The molecule has 0 spiro atoms. The molecule has 0 amide bonds. The van der Waals surface area contributed by atoms with Gasteiger partial charge in [-0.05, 0) is 49.8 Å². The maximum atomic E-state index is 17.1. The van der Waals surface area contributed by atoms with Crippen LogP contribution >= 0.6 is 23.2 Å². The van der Waals surface area contributed by atoms with Crippen molar-refractivity contribution in [3.63, 3.8) is 0 Å². The van der Waals surface area contributed by atoms with Crippen LogP contribution in [0.1, 0.15) is 40.0 Å². The monoisotopic (exact) mass is 506 g/mol.